The normalized spacial score (nSPS) is 11.9. The lowest BCUT2D eigenvalue weighted by Gasteiger charge is -2.15. The van der Waals surface area contributed by atoms with Gasteiger partial charge in [-0.3, -0.25) is 0 Å². The Hall–Kier alpha value is -1.37. The summed E-state index contributed by atoms with van der Waals surface area (Å²) in [6.07, 6.45) is -3.75. The maximum atomic E-state index is 12.6. The van der Waals surface area contributed by atoms with E-state index >= 15 is 0 Å². The van der Waals surface area contributed by atoms with Gasteiger partial charge in [0.05, 0.1) is 5.69 Å². The Balaban J connectivity index is 2.57. The summed E-state index contributed by atoms with van der Waals surface area (Å²) in [6, 6.07) is 4.59. The van der Waals surface area contributed by atoms with E-state index in [1.165, 1.54) is 6.07 Å². The molecule has 0 amide bonds. The smallest absolute Gasteiger partial charge is 0.340 e. The van der Waals surface area contributed by atoms with Crippen LogP contribution < -0.4 is 10.1 Å². The van der Waals surface area contributed by atoms with Crippen LogP contribution in [0.1, 0.15) is 12.6 Å². The van der Waals surface area contributed by atoms with Crippen molar-refractivity contribution in [1.29, 1.82) is 0 Å². The molecule has 1 aromatic rings. The first-order valence-electron chi connectivity index (χ1n) is 5.41. The van der Waals surface area contributed by atoms with Gasteiger partial charge in [0.1, 0.15) is 0 Å². The van der Waals surface area contributed by atoms with Crippen molar-refractivity contribution in [1.82, 2.24) is 10.3 Å². The second-order valence-corrected chi connectivity index (χ2v) is 3.60. The van der Waals surface area contributed by atoms with Crippen molar-refractivity contribution in [2.24, 2.45) is 0 Å². The molecule has 1 heterocycles. The standard InChI is InChI=1S/C11H14F4N2O/c1-2-16-6-8-4-3-5-9(17-8)18-7-11(14,15)10(12)13/h3-5,10,16H,2,6-7H2,1H3. The van der Waals surface area contributed by atoms with Gasteiger partial charge >= 0.3 is 12.3 Å². The van der Waals surface area contributed by atoms with Crippen LogP contribution in [-0.4, -0.2) is 30.5 Å². The summed E-state index contributed by atoms with van der Waals surface area (Å²) in [7, 11) is 0. The number of alkyl halides is 4. The van der Waals surface area contributed by atoms with Crippen LogP contribution in [0.15, 0.2) is 18.2 Å². The van der Waals surface area contributed by atoms with Gasteiger partial charge in [-0.25, -0.2) is 13.8 Å². The van der Waals surface area contributed by atoms with E-state index in [0.29, 0.717) is 12.2 Å². The monoisotopic (exact) mass is 266 g/mol. The minimum Gasteiger partial charge on any atom is -0.471 e. The summed E-state index contributed by atoms with van der Waals surface area (Å²) < 4.78 is 53.6. The number of ether oxygens (including phenoxy) is 1. The van der Waals surface area contributed by atoms with Gasteiger partial charge in [-0.05, 0) is 12.6 Å². The number of rotatable bonds is 7. The van der Waals surface area contributed by atoms with Gasteiger partial charge in [0.2, 0.25) is 5.88 Å². The largest absolute Gasteiger partial charge is 0.471 e. The molecular formula is C11H14F4N2O. The molecule has 1 N–H and O–H groups in total. The van der Waals surface area contributed by atoms with Crippen molar-refractivity contribution in [3.05, 3.63) is 23.9 Å². The van der Waals surface area contributed by atoms with E-state index in [1.54, 1.807) is 12.1 Å². The molecule has 0 fully saturated rings. The van der Waals surface area contributed by atoms with E-state index in [1.807, 2.05) is 6.92 Å². The molecule has 0 atom stereocenters. The molecule has 0 aromatic carbocycles. The van der Waals surface area contributed by atoms with Gasteiger partial charge < -0.3 is 10.1 Å². The Morgan fingerprint density at radius 3 is 2.72 bits per heavy atom. The maximum Gasteiger partial charge on any atom is 0.340 e. The lowest BCUT2D eigenvalue weighted by Crippen LogP contribution is -2.33. The van der Waals surface area contributed by atoms with Gasteiger partial charge in [0.15, 0.2) is 6.61 Å². The number of hydrogen-bond acceptors (Lipinski definition) is 3. The van der Waals surface area contributed by atoms with E-state index in [2.05, 4.69) is 15.0 Å². The van der Waals surface area contributed by atoms with E-state index < -0.39 is 19.0 Å². The molecular weight excluding hydrogens is 252 g/mol. The minimum absolute atomic E-state index is 0.0919. The van der Waals surface area contributed by atoms with Crippen molar-refractivity contribution < 1.29 is 22.3 Å². The van der Waals surface area contributed by atoms with Gasteiger partial charge in [-0.15, -0.1) is 0 Å². The molecule has 0 saturated carbocycles. The summed E-state index contributed by atoms with van der Waals surface area (Å²) in [4.78, 5) is 3.91. The Labute approximate surface area is 102 Å². The zero-order valence-corrected chi connectivity index (χ0v) is 9.80. The van der Waals surface area contributed by atoms with Crippen LogP contribution in [-0.2, 0) is 6.54 Å². The lowest BCUT2D eigenvalue weighted by molar-refractivity contribution is -0.148. The highest BCUT2D eigenvalue weighted by molar-refractivity contribution is 5.15. The summed E-state index contributed by atoms with van der Waals surface area (Å²) in [5.41, 5.74) is 0.592. The second-order valence-electron chi connectivity index (χ2n) is 3.60. The lowest BCUT2D eigenvalue weighted by atomic mass is 10.3. The predicted octanol–water partition coefficient (Wildman–Crippen LogP) is 2.47. The highest BCUT2D eigenvalue weighted by atomic mass is 19.3. The number of nitrogens with one attached hydrogen (secondary N) is 1. The zero-order chi connectivity index (χ0) is 13.6. The first-order valence-corrected chi connectivity index (χ1v) is 5.41. The van der Waals surface area contributed by atoms with Crippen LogP contribution in [0, 0.1) is 0 Å². The van der Waals surface area contributed by atoms with Crippen LogP contribution in [0.2, 0.25) is 0 Å². The number of halogens is 4. The molecule has 102 valence electrons. The van der Waals surface area contributed by atoms with E-state index in [0.717, 1.165) is 6.54 Å². The molecule has 0 unspecified atom stereocenters. The van der Waals surface area contributed by atoms with E-state index in [-0.39, 0.29) is 5.88 Å². The summed E-state index contributed by atoms with van der Waals surface area (Å²) in [5, 5.41) is 3.00. The quantitative estimate of drug-likeness (QED) is 0.770. The molecule has 1 aromatic heterocycles. The fraction of sp³-hybridized carbons (Fsp3) is 0.545. The molecule has 0 saturated heterocycles. The first kappa shape index (κ1) is 14.7. The van der Waals surface area contributed by atoms with Crippen molar-refractivity contribution in [2.45, 2.75) is 25.8 Å². The van der Waals surface area contributed by atoms with Crippen molar-refractivity contribution >= 4 is 0 Å². The second kappa shape index (κ2) is 6.53. The SMILES string of the molecule is CCNCc1cccc(OCC(F)(F)C(F)F)n1. The van der Waals surface area contributed by atoms with Crippen LogP contribution in [0.25, 0.3) is 0 Å². The third-order valence-corrected chi connectivity index (χ3v) is 2.07. The molecule has 0 aliphatic rings. The van der Waals surface area contributed by atoms with E-state index in [4.69, 9.17) is 0 Å². The van der Waals surface area contributed by atoms with Gasteiger partial charge in [-0.2, -0.15) is 8.78 Å². The molecule has 0 radical (unpaired) electrons. The molecule has 0 bridgehead atoms. The molecule has 18 heavy (non-hydrogen) atoms. The topological polar surface area (TPSA) is 34.1 Å². The highest BCUT2D eigenvalue weighted by Gasteiger charge is 2.41. The fourth-order valence-corrected chi connectivity index (χ4v) is 1.12. The Kier molecular flexibility index (Phi) is 5.33. The third kappa shape index (κ3) is 4.48. The van der Waals surface area contributed by atoms with Gasteiger partial charge in [0, 0.05) is 12.6 Å². The summed E-state index contributed by atoms with van der Waals surface area (Å²) in [5.74, 6) is -4.26. The number of nitrogens with zero attached hydrogens (tertiary/aromatic N) is 1. The Morgan fingerprint density at radius 2 is 2.11 bits per heavy atom. The third-order valence-electron chi connectivity index (χ3n) is 2.07. The van der Waals surface area contributed by atoms with Crippen molar-refractivity contribution in [2.75, 3.05) is 13.2 Å². The average molecular weight is 266 g/mol. The summed E-state index contributed by atoms with van der Waals surface area (Å²) in [6.45, 7) is 1.71. The molecule has 0 aliphatic heterocycles. The molecule has 7 heteroatoms. The summed E-state index contributed by atoms with van der Waals surface area (Å²) >= 11 is 0. The van der Waals surface area contributed by atoms with Crippen LogP contribution in [0.3, 0.4) is 0 Å². The highest BCUT2D eigenvalue weighted by Crippen LogP contribution is 2.23. The van der Waals surface area contributed by atoms with Crippen molar-refractivity contribution in [3.63, 3.8) is 0 Å². The Bertz CT molecular complexity index is 374. The van der Waals surface area contributed by atoms with Gasteiger partial charge in [-0.1, -0.05) is 13.0 Å². The van der Waals surface area contributed by atoms with Crippen molar-refractivity contribution in [3.8, 4) is 5.88 Å². The minimum atomic E-state index is -4.17. The average Bonchev–Trinajstić information content (AvgIpc) is 2.34. The number of hydrogen-bond donors (Lipinski definition) is 1. The first-order chi connectivity index (χ1) is 8.45. The predicted molar refractivity (Wildman–Crippen MR) is 58.1 cm³/mol. The van der Waals surface area contributed by atoms with Crippen LogP contribution >= 0.6 is 0 Å². The zero-order valence-electron chi connectivity index (χ0n) is 9.80. The van der Waals surface area contributed by atoms with Crippen LogP contribution in [0.4, 0.5) is 17.6 Å². The Morgan fingerprint density at radius 1 is 1.39 bits per heavy atom. The number of pyridine rings is 1. The van der Waals surface area contributed by atoms with Gasteiger partial charge in [0.25, 0.3) is 0 Å². The fourth-order valence-electron chi connectivity index (χ4n) is 1.12. The van der Waals surface area contributed by atoms with Crippen LogP contribution in [0.5, 0.6) is 5.88 Å². The number of aromatic nitrogens is 1. The molecule has 1 rings (SSSR count). The van der Waals surface area contributed by atoms with E-state index in [9.17, 15) is 17.6 Å². The molecule has 0 spiro atoms. The molecule has 3 nitrogen and oxygen atoms in total. The maximum absolute atomic E-state index is 12.6. The molecule has 0 aliphatic carbocycles.